The molecule has 0 aromatic heterocycles. The molecule has 8 aromatic rings. The van der Waals surface area contributed by atoms with Crippen molar-refractivity contribution in [2.75, 3.05) is 9.80 Å². The second-order valence-corrected chi connectivity index (χ2v) is 14.2. The van der Waals surface area contributed by atoms with Crippen LogP contribution in [-0.2, 0) is 0 Å². The Labute approximate surface area is 338 Å². The number of nitrogens with zero attached hydrogens (tertiary/aromatic N) is 2. The zero-order valence-corrected chi connectivity index (χ0v) is 32.1. The minimum Gasteiger partial charge on any atom is -0.478 e. The second kappa shape index (κ2) is 16.2. The van der Waals surface area contributed by atoms with Gasteiger partial charge in [-0.15, -0.1) is 0 Å². The number of hydrogen-bond acceptors (Lipinski definition) is 4. The summed E-state index contributed by atoms with van der Waals surface area (Å²) >= 11 is 0. The van der Waals surface area contributed by atoms with Crippen molar-refractivity contribution < 1.29 is 19.8 Å². The van der Waals surface area contributed by atoms with Crippen molar-refractivity contribution in [2.24, 2.45) is 0 Å². The summed E-state index contributed by atoms with van der Waals surface area (Å²) in [6, 6.07) is 63.0. The smallest absolute Gasteiger partial charge is 0.336 e. The van der Waals surface area contributed by atoms with Crippen molar-refractivity contribution in [2.45, 2.75) is 13.8 Å². The molecule has 0 atom stereocenters. The van der Waals surface area contributed by atoms with Gasteiger partial charge in [-0.25, -0.2) is 9.59 Å². The van der Waals surface area contributed by atoms with Crippen LogP contribution >= 0.6 is 0 Å². The standard InChI is InChI=1S/C52H40N2O4/c1-35-11-9-17-43(31-35)53(41-23-19-39(20-24-41)37-13-5-3-6-14-37)45-27-29-47(49(33-45)51(55)56)48-30-28-46(34-50(48)52(57)58)54(44-18-10-12-36(2)32-44)42-25-21-40(22-26-42)38-15-7-4-8-16-38/h3-34H,1-2H3,(H,55,56)(H,57,58). The fourth-order valence-corrected chi connectivity index (χ4v) is 7.46. The molecule has 6 nitrogen and oxygen atoms in total. The van der Waals surface area contributed by atoms with E-state index in [1.165, 1.54) is 0 Å². The Bertz CT molecular complexity index is 2550. The van der Waals surface area contributed by atoms with Crippen LogP contribution < -0.4 is 9.80 Å². The molecule has 2 N–H and O–H groups in total. The molecule has 8 aromatic carbocycles. The number of carboxylic acids is 2. The average molecular weight is 757 g/mol. The first-order chi connectivity index (χ1) is 28.2. The molecule has 0 bridgehead atoms. The van der Waals surface area contributed by atoms with Gasteiger partial charge in [-0.2, -0.15) is 0 Å². The van der Waals surface area contributed by atoms with Crippen LogP contribution in [0.4, 0.5) is 34.1 Å². The van der Waals surface area contributed by atoms with Gasteiger partial charge in [0.25, 0.3) is 0 Å². The number of benzene rings is 8. The van der Waals surface area contributed by atoms with Crippen LogP contribution in [0.5, 0.6) is 0 Å². The van der Waals surface area contributed by atoms with E-state index in [0.29, 0.717) is 22.5 Å². The van der Waals surface area contributed by atoms with Gasteiger partial charge in [-0.1, -0.05) is 121 Å². The van der Waals surface area contributed by atoms with Crippen LogP contribution in [0.25, 0.3) is 33.4 Å². The van der Waals surface area contributed by atoms with Crippen molar-refractivity contribution in [3.63, 3.8) is 0 Å². The molecule has 58 heavy (non-hydrogen) atoms. The molecule has 0 spiro atoms. The molecule has 0 aliphatic rings. The lowest BCUT2D eigenvalue weighted by atomic mass is 9.93. The Kier molecular flexibility index (Phi) is 10.4. The number of aryl methyl sites for hydroxylation is 2. The summed E-state index contributed by atoms with van der Waals surface area (Å²) in [7, 11) is 0. The van der Waals surface area contributed by atoms with E-state index in [1.807, 2.05) is 133 Å². The van der Waals surface area contributed by atoms with Gasteiger partial charge in [-0.05, 0) is 131 Å². The Hall–Kier alpha value is -7.70. The minimum absolute atomic E-state index is 0.0154. The fourth-order valence-electron chi connectivity index (χ4n) is 7.46. The summed E-state index contributed by atoms with van der Waals surface area (Å²) in [6.07, 6.45) is 0. The molecule has 0 aliphatic heterocycles. The van der Waals surface area contributed by atoms with Gasteiger partial charge >= 0.3 is 11.9 Å². The van der Waals surface area contributed by atoms with E-state index >= 15 is 0 Å². The van der Waals surface area contributed by atoms with Crippen LogP contribution in [0.15, 0.2) is 194 Å². The lowest BCUT2D eigenvalue weighted by Gasteiger charge is -2.28. The highest BCUT2D eigenvalue weighted by Crippen LogP contribution is 2.42. The normalized spacial score (nSPS) is 10.9. The Morgan fingerprint density at radius 2 is 0.672 bits per heavy atom. The van der Waals surface area contributed by atoms with Gasteiger partial charge in [-0.3, -0.25) is 0 Å². The first-order valence-electron chi connectivity index (χ1n) is 19.0. The van der Waals surface area contributed by atoms with Gasteiger partial charge in [0.2, 0.25) is 0 Å². The summed E-state index contributed by atoms with van der Waals surface area (Å²) in [5, 5.41) is 21.4. The highest BCUT2D eigenvalue weighted by Gasteiger charge is 2.24. The zero-order valence-electron chi connectivity index (χ0n) is 32.1. The molecule has 0 fully saturated rings. The lowest BCUT2D eigenvalue weighted by Crippen LogP contribution is -2.13. The third-order valence-corrected chi connectivity index (χ3v) is 10.3. The maximum absolute atomic E-state index is 13.1. The van der Waals surface area contributed by atoms with Crippen molar-refractivity contribution >= 4 is 46.1 Å². The van der Waals surface area contributed by atoms with E-state index in [0.717, 1.165) is 56.1 Å². The molecular weight excluding hydrogens is 717 g/mol. The predicted octanol–water partition coefficient (Wildman–Crippen LogP) is 13.6. The Morgan fingerprint density at radius 3 is 1.02 bits per heavy atom. The quantitative estimate of drug-likeness (QED) is 0.137. The largest absolute Gasteiger partial charge is 0.478 e. The van der Waals surface area contributed by atoms with Gasteiger partial charge < -0.3 is 20.0 Å². The van der Waals surface area contributed by atoms with E-state index in [1.54, 1.807) is 24.3 Å². The third kappa shape index (κ3) is 7.72. The van der Waals surface area contributed by atoms with Crippen molar-refractivity contribution in [3.05, 3.63) is 216 Å². The number of hydrogen-bond donors (Lipinski definition) is 2. The maximum atomic E-state index is 13.1. The number of anilines is 6. The first kappa shape index (κ1) is 37.2. The van der Waals surface area contributed by atoms with E-state index in [4.69, 9.17) is 0 Å². The molecular formula is C52H40N2O4. The number of carbonyl (C=O) groups is 2. The molecule has 8 rings (SSSR count). The zero-order chi connectivity index (χ0) is 40.2. The average Bonchev–Trinajstić information content (AvgIpc) is 3.25. The van der Waals surface area contributed by atoms with Crippen molar-refractivity contribution in [1.82, 2.24) is 0 Å². The van der Waals surface area contributed by atoms with Crippen LogP contribution in [0.1, 0.15) is 31.8 Å². The monoisotopic (exact) mass is 756 g/mol. The molecule has 0 radical (unpaired) electrons. The summed E-state index contributed by atoms with van der Waals surface area (Å²) in [5.74, 6) is -2.33. The topological polar surface area (TPSA) is 81.1 Å². The molecule has 6 heteroatoms. The summed E-state index contributed by atoms with van der Waals surface area (Å²) in [6.45, 7) is 4.03. The lowest BCUT2D eigenvalue weighted by molar-refractivity contribution is 0.0684. The maximum Gasteiger partial charge on any atom is 0.336 e. The van der Waals surface area contributed by atoms with Crippen molar-refractivity contribution in [1.29, 1.82) is 0 Å². The molecule has 0 aliphatic carbocycles. The third-order valence-electron chi connectivity index (χ3n) is 10.3. The van der Waals surface area contributed by atoms with E-state index < -0.39 is 11.9 Å². The highest BCUT2D eigenvalue weighted by atomic mass is 16.4. The Balaban J connectivity index is 1.22. The number of carboxylic acid groups (broad SMARTS) is 2. The van der Waals surface area contributed by atoms with Gasteiger partial charge in [0, 0.05) is 34.1 Å². The molecule has 0 saturated carbocycles. The first-order valence-corrected chi connectivity index (χ1v) is 19.0. The second-order valence-electron chi connectivity index (χ2n) is 14.2. The summed E-state index contributed by atoms with van der Waals surface area (Å²) < 4.78 is 0. The van der Waals surface area contributed by atoms with E-state index in [2.05, 4.69) is 60.7 Å². The Morgan fingerprint density at radius 1 is 0.345 bits per heavy atom. The molecule has 282 valence electrons. The number of rotatable bonds is 11. The highest BCUT2D eigenvalue weighted by molar-refractivity contribution is 6.04. The predicted molar refractivity (Wildman–Crippen MR) is 236 cm³/mol. The van der Waals surface area contributed by atoms with Gasteiger partial charge in [0.15, 0.2) is 0 Å². The SMILES string of the molecule is Cc1cccc(N(c2ccc(-c3ccccc3)cc2)c2ccc(-c3ccc(N(c4ccc(-c5ccccc5)cc4)c4cccc(C)c4)cc3C(=O)O)c(C(=O)O)c2)c1. The van der Waals surface area contributed by atoms with Gasteiger partial charge in [0.1, 0.15) is 0 Å². The minimum atomic E-state index is -1.17. The van der Waals surface area contributed by atoms with Crippen LogP contribution in [0, 0.1) is 13.8 Å². The van der Waals surface area contributed by atoms with Crippen LogP contribution in [0.3, 0.4) is 0 Å². The van der Waals surface area contributed by atoms with Crippen LogP contribution in [0.2, 0.25) is 0 Å². The molecule has 0 unspecified atom stereocenters. The molecule has 0 saturated heterocycles. The van der Waals surface area contributed by atoms with E-state index in [-0.39, 0.29) is 11.1 Å². The van der Waals surface area contributed by atoms with Gasteiger partial charge in [0.05, 0.1) is 11.1 Å². The molecule has 0 heterocycles. The fraction of sp³-hybridized carbons (Fsp3) is 0.0385. The molecule has 0 amide bonds. The van der Waals surface area contributed by atoms with Crippen molar-refractivity contribution in [3.8, 4) is 33.4 Å². The van der Waals surface area contributed by atoms with Crippen LogP contribution in [-0.4, -0.2) is 22.2 Å². The summed E-state index contributed by atoms with van der Waals surface area (Å²) in [4.78, 5) is 30.3. The summed E-state index contributed by atoms with van der Waals surface area (Å²) in [5.41, 5.74) is 11.6. The number of aromatic carboxylic acids is 2. The van der Waals surface area contributed by atoms with E-state index in [9.17, 15) is 19.8 Å².